The van der Waals surface area contributed by atoms with Gasteiger partial charge in [0.1, 0.15) is 0 Å². The average molecular weight is 527 g/mol. The summed E-state index contributed by atoms with van der Waals surface area (Å²) >= 11 is 0. The molecule has 0 amide bonds. The quantitative estimate of drug-likeness (QED) is 0.480. The van der Waals surface area contributed by atoms with E-state index in [2.05, 4.69) is 15.2 Å². The van der Waals surface area contributed by atoms with Crippen LogP contribution < -0.4 is 10.9 Å². The van der Waals surface area contributed by atoms with Crippen LogP contribution in [0, 0.1) is 23.7 Å². The Bertz CT molecular complexity index is 1270. The standard InChI is InChI=1S/C28H39N4O4P/c33-28-27(29-8-9-37(34,35)36)30-25-6-1-2-7-26(25)32(28)23-15-20-4-3-5-21(16-23)31(20)22-11-17-10-18-13-19(14-22)24(18)12-17/h1-2,6-7,17-24H,3-5,8-16H2,(H,29,30)(H2,34,35,36)/t17-,18+,19+,20-,21+,22-,23?,24?/m1/s1. The van der Waals surface area contributed by atoms with Crippen molar-refractivity contribution in [2.75, 3.05) is 18.0 Å². The molecule has 37 heavy (non-hydrogen) atoms. The molecule has 3 N–H and O–H groups in total. The number of aromatic nitrogens is 2. The van der Waals surface area contributed by atoms with Crippen molar-refractivity contribution in [2.45, 2.75) is 88.4 Å². The summed E-state index contributed by atoms with van der Waals surface area (Å²) in [6, 6.07) is 9.68. The SMILES string of the molecule is O=c1c(NCCP(=O)(O)O)nc2ccccc2n1C1C[C@H]2CCC[C@@H](C1)N2[C@@H]1C[C@@H]2CC3[C@@H](C2)C[C@H]3C1. The van der Waals surface area contributed by atoms with Crippen LogP contribution in [0.4, 0.5) is 5.82 Å². The van der Waals surface area contributed by atoms with Crippen molar-refractivity contribution < 1.29 is 14.4 Å². The molecule has 1 aromatic heterocycles. The molecule has 8 nitrogen and oxygen atoms in total. The summed E-state index contributed by atoms with van der Waals surface area (Å²) in [6.45, 7) is 0.0143. The van der Waals surface area contributed by atoms with E-state index in [-0.39, 0.29) is 30.1 Å². The van der Waals surface area contributed by atoms with Gasteiger partial charge in [0.05, 0.1) is 17.2 Å². The van der Waals surface area contributed by atoms with Crippen LogP contribution in [-0.2, 0) is 4.57 Å². The Hall–Kier alpha value is -1.73. The van der Waals surface area contributed by atoms with Crippen molar-refractivity contribution in [2.24, 2.45) is 23.7 Å². The van der Waals surface area contributed by atoms with Crippen molar-refractivity contribution in [3.05, 3.63) is 34.6 Å². The molecule has 3 aliphatic carbocycles. The van der Waals surface area contributed by atoms with E-state index in [1.807, 2.05) is 28.8 Å². The number of nitrogens with one attached hydrogen (secondary N) is 1. The molecular formula is C28H39N4O4P. The van der Waals surface area contributed by atoms with Crippen LogP contribution in [0.3, 0.4) is 0 Å². The Morgan fingerprint density at radius 2 is 1.68 bits per heavy atom. The second kappa shape index (κ2) is 9.18. The topological polar surface area (TPSA) is 108 Å². The van der Waals surface area contributed by atoms with E-state index in [0.717, 1.165) is 47.5 Å². The highest BCUT2D eigenvalue weighted by Gasteiger charge is 2.53. The Kier molecular flexibility index (Phi) is 6.04. The summed E-state index contributed by atoms with van der Waals surface area (Å²) in [5, 5.41) is 2.94. The number of nitrogens with zero attached hydrogens (tertiary/aromatic N) is 3. The maximum atomic E-state index is 13.8. The summed E-state index contributed by atoms with van der Waals surface area (Å²) in [7, 11) is -4.15. The predicted molar refractivity (Wildman–Crippen MR) is 144 cm³/mol. The molecule has 0 radical (unpaired) electrons. The van der Waals surface area contributed by atoms with E-state index in [1.165, 1.54) is 51.4 Å². The van der Waals surface area contributed by atoms with Gasteiger partial charge >= 0.3 is 7.60 Å². The Morgan fingerprint density at radius 1 is 0.919 bits per heavy atom. The summed E-state index contributed by atoms with van der Waals surface area (Å²) in [5.41, 5.74) is 1.43. The van der Waals surface area contributed by atoms with Crippen molar-refractivity contribution in [3.8, 4) is 0 Å². The lowest BCUT2D eigenvalue weighted by atomic mass is 9.64. The molecule has 5 aliphatic rings. The van der Waals surface area contributed by atoms with Gasteiger partial charge in [0.25, 0.3) is 5.56 Å². The minimum absolute atomic E-state index is 0.0143. The number of para-hydroxylation sites is 2. The van der Waals surface area contributed by atoms with Crippen LogP contribution in [0.15, 0.2) is 29.1 Å². The van der Waals surface area contributed by atoms with E-state index in [1.54, 1.807) is 0 Å². The number of fused-ring (bicyclic) bond motifs is 4. The van der Waals surface area contributed by atoms with E-state index < -0.39 is 7.60 Å². The van der Waals surface area contributed by atoms with Crippen molar-refractivity contribution in [3.63, 3.8) is 0 Å². The monoisotopic (exact) mass is 526 g/mol. The van der Waals surface area contributed by atoms with Gasteiger partial charge in [-0.2, -0.15) is 0 Å². The van der Waals surface area contributed by atoms with E-state index >= 15 is 0 Å². The lowest BCUT2D eigenvalue weighted by Crippen LogP contribution is -2.58. The number of anilines is 1. The fourth-order valence-corrected chi connectivity index (χ4v) is 9.58. The van der Waals surface area contributed by atoms with E-state index in [4.69, 9.17) is 0 Å². The molecule has 5 fully saturated rings. The van der Waals surface area contributed by atoms with Crippen LogP contribution in [0.2, 0.25) is 0 Å². The van der Waals surface area contributed by atoms with Crippen LogP contribution in [0.25, 0.3) is 11.0 Å². The molecule has 2 aromatic rings. The predicted octanol–water partition coefficient (Wildman–Crippen LogP) is 4.37. The largest absolute Gasteiger partial charge is 0.365 e. The van der Waals surface area contributed by atoms with Gasteiger partial charge in [-0.05, 0) is 93.6 Å². The maximum Gasteiger partial charge on any atom is 0.327 e. The number of hydrogen-bond donors (Lipinski definition) is 3. The Balaban J connectivity index is 1.18. The zero-order valence-electron chi connectivity index (χ0n) is 21.4. The molecule has 8 atom stereocenters. The third-order valence-corrected chi connectivity index (χ3v) is 11.3. The highest BCUT2D eigenvalue weighted by atomic mass is 31.2. The first kappa shape index (κ1) is 24.3. The minimum atomic E-state index is -4.15. The third kappa shape index (κ3) is 4.38. The summed E-state index contributed by atoms with van der Waals surface area (Å²) < 4.78 is 13.3. The normalized spacial score (nSPS) is 37.2. The molecule has 9 heteroatoms. The molecule has 0 spiro atoms. The first-order valence-corrected chi connectivity index (χ1v) is 16.2. The number of hydrogen-bond acceptors (Lipinski definition) is 5. The maximum absolute atomic E-state index is 13.8. The second-order valence-electron chi connectivity index (χ2n) is 12.6. The lowest BCUT2D eigenvalue weighted by Gasteiger charge is -2.54. The minimum Gasteiger partial charge on any atom is -0.365 e. The van der Waals surface area contributed by atoms with Crippen LogP contribution in [0.1, 0.15) is 70.3 Å². The number of piperidine rings is 2. The molecule has 1 aromatic carbocycles. The molecular weight excluding hydrogens is 487 g/mol. The van der Waals surface area contributed by atoms with Gasteiger partial charge < -0.3 is 19.7 Å². The second-order valence-corrected chi connectivity index (χ2v) is 14.4. The molecule has 2 saturated heterocycles. The van der Waals surface area contributed by atoms with Crippen LogP contribution in [-0.4, -0.2) is 55.1 Å². The molecule has 2 aliphatic heterocycles. The summed E-state index contributed by atoms with van der Waals surface area (Å²) in [4.78, 5) is 39.7. The van der Waals surface area contributed by atoms with Crippen LogP contribution in [0.5, 0.6) is 0 Å². The summed E-state index contributed by atoms with van der Waals surface area (Å²) in [6.07, 6.45) is 12.6. The van der Waals surface area contributed by atoms with Gasteiger partial charge in [-0.1, -0.05) is 18.6 Å². The van der Waals surface area contributed by atoms with Gasteiger partial charge in [-0.15, -0.1) is 0 Å². The van der Waals surface area contributed by atoms with Gasteiger partial charge in [0.2, 0.25) is 0 Å². The molecule has 2 unspecified atom stereocenters. The van der Waals surface area contributed by atoms with Gasteiger partial charge in [0, 0.05) is 30.7 Å². The zero-order chi connectivity index (χ0) is 25.3. The molecule has 4 bridgehead atoms. The first-order chi connectivity index (χ1) is 17.8. The van der Waals surface area contributed by atoms with E-state index in [0.29, 0.717) is 18.1 Å². The van der Waals surface area contributed by atoms with E-state index in [9.17, 15) is 19.1 Å². The number of benzene rings is 1. The fourth-order valence-electron chi connectivity index (χ4n) is 9.18. The molecule has 7 rings (SSSR count). The molecule has 3 heterocycles. The lowest BCUT2D eigenvalue weighted by molar-refractivity contribution is -0.0437. The highest BCUT2D eigenvalue weighted by Crippen LogP contribution is 2.59. The van der Waals surface area contributed by atoms with Crippen LogP contribution >= 0.6 is 7.60 Å². The zero-order valence-corrected chi connectivity index (χ0v) is 22.3. The van der Waals surface area contributed by atoms with Gasteiger partial charge in [-0.3, -0.25) is 14.3 Å². The Morgan fingerprint density at radius 3 is 2.46 bits per heavy atom. The third-order valence-electron chi connectivity index (χ3n) is 10.5. The van der Waals surface area contributed by atoms with Gasteiger partial charge in [-0.25, -0.2) is 4.98 Å². The smallest absolute Gasteiger partial charge is 0.327 e. The molecule has 200 valence electrons. The van der Waals surface area contributed by atoms with Crippen molar-refractivity contribution in [1.82, 2.24) is 14.5 Å². The average Bonchev–Trinajstić information content (AvgIpc) is 3.06. The first-order valence-electron chi connectivity index (χ1n) is 14.4. The number of rotatable bonds is 6. The van der Waals surface area contributed by atoms with Gasteiger partial charge in [0.15, 0.2) is 5.82 Å². The summed E-state index contributed by atoms with van der Waals surface area (Å²) in [5.74, 6) is 4.14. The van der Waals surface area contributed by atoms with Crippen molar-refractivity contribution >= 4 is 24.4 Å². The highest BCUT2D eigenvalue weighted by molar-refractivity contribution is 7.51. The van der Waals surface area contributed by atoms with Crippen molar-refractivity contribution in [1.29, 1.82) is 0 Å². The fraction of sp³-hybridized carbons (Fsp3) is 0.714. The Labute approximate surface area is 218 Å². The molecule has 3 saturated carbocycles.